The number of rotatable bonds is 2. The molecule has 0 fully saturated rings. The largest absolute Gasteiger partial charge is 0.390 e. The minimum absolute atomic E-state index is 0.140. The number of likely N-dealkylation sites (N-methyl/N-ethyl adjacent to an activating group) is 1. The topological polar surface area (TPSA) is 35.5 Å². The summed E-state index contributed by atoms with van der Waals surface area (Å²) in [6.07, 6.45) is 1.85. The molecule has 52 valence electrons. The number of hydrogen-bond acceptors (Lipinski definition) is 3. The van der Waals surface area contributed by atoms with E-state index in [-0.39, 0.29) is 6.61 Å². The second-order valence-corrected chi connectivity index (χ2v) is 2.01. The zero-order valence-electron chi connectivity index (χ0n) is 5.59. The molecule has 0 aromatic rings. The quantitative estimate of drug-likeness (QED) is 0.536. The summed E-state index contributed by atoms with van der Waals surface area (Å²) < 4.78 is 0. The van der Waals surface area contributed by atoms with Gasteiger partial charge in [0.2, 0.25) is 0 Å². The highest BCUT2D eigenvalue weighted by Gasteiger charge is 2.09. The van der Waals surface area contributed by atoms with Crippen molar-refractivity contribution < 1.29 is 5.11 Å². The fourth-order valence-corrected chi connectivity index (χ4v) is 0.927. The van der Waals surface area contributed by atoms with E-state index in [2.05, 4.69) is 17.1 Å². The van der Waals surface area contributed by atoms with Gasteiger partial charge < -0.3 is 15.3 Å². The van der Waals surface area contributed by atoms with Gasteiger partial charge in [0.15, 0.2) is 0 Å². The lowest BCUT2D eigenvalue weighted by molar-refractivity contribution is 0.269. The standard InChI is InChI=1S/C6H12N2O/c1-2-8-5-7-3-6(8)4-9/h3,7,9H,2,4-5H2,1H3. The van der Waals surface area contributed by atoms with E-state index in [0.717, 1.165) is 18.9 Å². The number of nitrogens with one attached hydrogen (secondary N) is 1. The zero-order chi connectivity index (χ0) is 6.69. The molecule has 0 atom stereocenters. The van der Waals surface area contributed by atoms with Gasteiger partial charge in [0.05, 0.1) is 19.0 Å². The molecule has 3 heteroatoms. The van der Waals surface area contributed by atoms with E-state index in [4.69, 9.17) is 5.11 Å². The summed E-state index contributed by atoms with van der Waals surface area (Å²) in [5.74, 6) is 0. The van der Waals surface area contributed by atoms with E-state index in [1.807, 2.05) is 6.20 Å². The van der Waals surface area contributed by atoms with Crippen LogP contribution in [-0.4, -0.2) is 29.8 Å². The molecule has 0 spiro atoms. The van der Waals surface area contributed by atoms with Crippen LogP contribution in [0.1, 0.15) is 6.92 Å². The van der Waals surface area contributed by atoms with Crippen molar-refractivity contribution in [1.82, 2.24) is 10.2 Å². The molecule has 0 aromatic carbocycles. The lowest BCUT2D eigenvalue weighted by Crippen LogP contribution is -2.24. The summed E-state index contributed by atoms with van der Waals surface area (Å²) in [5, 5.41) is 11.7. The smallest absolute Gasteiger partial charge is 0.0870 e. The molecular formula is C6H12N2O. The molecule has 0 aliphatic carbocycles. The summed E-state index contributed by atoms with van der Waals surface area (Å²) in [4.78, 5) is 2.08. The Morgan fingerprint density at radius 1 is 1.89 bits per heavy atom. The highest BCUT2D eigenvalue weighted by molar-refractivity contribution is 5.04. The maximum atomic E-state index is 8.72. The normalized spacial score (nSPS) is 17.6. The van der Waals surface area contributed by atoms with Crippen LogP contribution in [0.5, 0.6) is 0 Å². The molecule has 0 aromatic heterocycles. The lowest BCUT2D eigenvalue weighted by atomic mass is 10.4. The fourth-order valence-electron chi connectivity index (χ4n) is 0.927. The Hall–Kier alpha value is -0.700. The van der Waals surface area contributed by atoms with Gasteiger partial charge in [0.25, 0.3) is 0 Å². The Morgan fingerprint density at radius 2 is 2.67 bits per heavy atom. The Morgan fingerprint density at radius 3 is 3.11 bits per heavy atom. The highest BCUT2D eigenvalue weighted by Crippen LogP contribution is 2.04. The summed E-state index contributed by atoms with van der Waals surface area (Å²) in [7, 11) is 0. The minimum Gasteiger partial charge on any atom is -0.390 e. The molecular weight excluding hydrogens is 116 g/mol. The van der Waals surface area contributed by atoms with Gasteiger partial charge in [-0.05, 0) is 6.92 Å². The molecule has 0 saturated heterocycles. The van der Waals surface area contributed by atoms with E-state index in [9.17, 15) is 0 Å². The van der Waals surface area contributed by atoms with E-state index in [1.165, 1.54) is 0 Å². The molecule has 0 bridgehead atoms. The molecule has 3 nitrogen and oxygen atoms in total. The highest BCUT2D eigenvalue weighted by atomic mass is 16.3. The summed E-state index contributed by atoms with van der Waals surface area (Å²) in [6, 6.07) is 0. The Labute approximate surface area is 55.0 Å². The first-order chi connectivity index (χ1) is 4.38. The van der Waals surface area contributed by atoms with Crippen LogP contribution in [0.2, 0.25) is 0 Å². The molecule has 0 unspecified atom stereocenters. The third-order valence-electron chi connectivity index (χ3n) is 1.50. The van der Waals surface area contributed by atoms with Crippen molar-refractivity contribution in [2.45, 2.75) is 6.92 Å². The predicted molar refractivity (Wildman–Crippen MR) is 35.6 cm³/mol. The molecule has 1 heterocycles. The number of nitrogens with zero attached hydrogens (tertiary/aromatic N) is 1. The molecule has 0 saturated carbocycles. The van der Waals surface area contributed by atoms with Crippen LogP contribution in [0.4, 0.5) is 0 Å². The predicted octanol–water partition coefficient (Wildman–Crippen LogP) is -0.297. The Balaban J connectivity index is 2.47. The number of hydrogen-bond donors (Lipinski definition) is 2. The number of aliphatic hydroxyl groups excluding tert-OH is 1. The second kappa shape index (κ2) is 2.73. The molecule has 0 amide bonds. The van der Waals surface area contributed by atoms with Crippen LogP contribution in [-0.2, 0) is 0 Å². The first-order valence-corrected chi connectivity index (χ1v) is 3.16. The van der Waals surface area contributed by atoms with Crippen LogP contribution in [0.15, 0.2) is 11.9 Å². The van der Waals surface area contributed by atoms with E-state index in [1.54, 1.807) is 0 Å². The van der Waals surface area contributed by atoms with Crippen molar-refractivity contribution in [2.75, 3.05) is 19.8 Å². The minimum atomic E-state index is 0.140. The van der Waals surface area contributed by atoms with Crippen LogP contribution < -0.4 is 5.32 Å². The molecule has 1 rings (SSSR count). The van der Waals surface area contributed by atoms with Gasteiger partial charge >= 0.3 is 0 Å². The molecule has 1 aliphatic rings. The van der Waals surface area contributed by atoms with Crippen molar-refractivity contribution in [3.8, 4) is 0 Å². The van der Waals surface area contributed by atoms with Gasteiger partial charge in [-0.15, -0.1) is 0 Å². The Kier molecular flexibility index (Phi) is 1.95. The first kappa shape index (κ1) is 6.42. The second-order valence-electron chi connectivity index (χ2n) is 2.01. The van der Waals surface area contributed by atoms with Gasteiger partial charge in [0, 0.05) is 12.7 Å². The van der Waals surface area contributed by atoms with Gasteiger partial charge in [-0.3, -0.25) is 0 Å². The van der Waals surface area contributed by atoms with E-state index >= 15 is 0 Å². The zero-order valence-corrected chi connectivity index (χ0v) is 5.59. The van der Waals surface area contributed by atoms with Gasteiger partial charge in [-0.25, -0.2) is 0 Å². The molecule has 9 heavy (non-hydrogen) atoms. The fraction of sp³-hybridized carbons (Fsp3) is 0.667. The maximum Gasteiger partial charge on any atom is 0.0870 e. The lowest BCUT2D eigenvalue weighted by Gasteiger charge is -2.16. The van der Waals surface area contributed by atoms with Crippen LogP contribution in [0.25, 0.3) is 0 Å². The Bertz CT molecular complexity index is 122. The van der Waals surface area contributed by atoms with Crippen LogP contribution >= 0.6 is 0 Å². The summed E-state index contributed by atoms with van der Waals surface area (Å²) in [6.45, 7) is 4.00. The van der Waals surface area contributed by atoms with Gasteiger partial charge in [-0.1, -0.05) is 0 Å². The third kappa shape index (κ3) is 1.16. The summed E-state index contributed by atoms with van der Waals surface area (Å²) in [5.41, 5.74) is 0.984. The van der Waals surface area contributed by atoms with Crippen molar-refractivity contribution >= 4 is 0 Å². The monoisotopic (exact) mass is 128 g/mol. The molecule has 2 N–H and O–H groups in total. The van der Waals surface area contributed by atoms with Crippen molar-refractivity contribution in [3.63, 3.8) is 0 Å². The average molecular weight is 128 g/mol. The molecule has 0 radical (unpaired) electrons. The van der Waals surface area contributed by atoms with E-state index < -0.39 is 0 Å². The van der Waals surface area contributed by atoms with Crippen molar-refractivity contribution in [3.05, 3.63) is 11.9 Å². The maximum absolute atomic E-state index is 8.72. The summed E-state index contributed by atoms with van der Waals surface area (Å²) >= 11 is 0. The van der Waals surface area contributed by atoms with Crippen molar-refractivity contribution in [2.24, 2.45) is 0 Å². The van der Waals surface area contributed by atoms with Crippen LogP contribution in [0, 0.1) is 0 Å². The van der Waals surface area contributed by atoms with Gasteiger partial charge in [0.1, 0.15) is 0 Å². The molecule has 1 aliphatic heterocycles. The van der Waals surface area contributed by atoms with Crippen LogP contribution in [0.3, 0.4) is 0 Å². The third-order valence-corrected chi connectivity index (χ3v) is 1.50. The SMILES string of the molecule is CCN1CNC=C1CO. The number of aliphatic hydroxyl groups is 1. The average Bonchev–Trinajstić information content (AvgIpc) is 2.33. The van der Waals surface area contributed by atoms with Gasteiger partial charge in [-0.2, -0.15) is 0 Å². The first-order valence-electron chi connectivity index (χ1n) is 3.16. The van der Waals surface area contributed by atoms with E-state index in [0.29, 0.717) is 0 Å². The van der Waals surface area contributed by atoms with Crippen molar-refractivity contribution in [1.29, 1.82) is 0 Å².